The smallest absolute Gasteiger partial charge is 0.238 e. The Morgan fingerprint density at radius 1 is 1.25 bits per heavy atom. The number of anilines is 2. The van der Waals surface area contributed by atoms with Crippen LogP contribution in [0.25, 0.3) is 0 Å². The van der Waals surface area contributed by atoms with Gasteiger partial charge in [-0.25, -0.2) is 0 Å². The number of thiocarbonyl (C=S) groups is 1. The van der Waals surface area contributed by atoms with Gasteiger partial charge >= 0.3 is 0 Å². The molecular weight excluding hydrogens is 270 g/mol. The number of likely N-dealkylation sites (N-methyl/N-ethyl adjacent to an activating group) is 1. The molecule has 2 aromatic rings. The number of fused-ring (bicyclic) bond motifs is 1. The number of benzene rings is 1. The van der Waals surface area contributed by atoms with Crippen LogP contribution in [0.1, 0.15) is 11.5 Å². The van der Waals surface area contributed by atoms with Gasteiger partial charge in [0.1, 0.15) is 5.92 Å². The van der Waals surface area contributed by atoms with E-state index in [9.17, 15) is 4.79 Å². The van der Waals surface area contributed by atoms with Gasteiger partial charge in [-0.3, -0.25) is 9.78 Å². The van der Waals surface area contributed by atoms with Crippen LogP contribution in [0.2, 0.25) is 0 Å². The Morgan fingerprint density at radius 3 is 2.70 bits per heavy atom. The average molecular weight is 283 g/mol. The number of para-hydroxylation sites is 1. The van der Waals surface area contributed by atoms with Crippen LogP contribution in [0.15, 0.2) is 48.8 Å². The van der Waals surface area contributed by atoms with Crippen LogP contribution in [0.4, 0.5) is 11.4 Å². The predicted octanol–water partition coefficient (Wildman–Crippen LogP) is 2.58. The van der Waals surface area contributed by atoms with Crippen molar-refractivity contribution in [2.45, 2.75) is 5.92 Å². The van der Waals surface area contributed by atoms with Crippen LogP contribution in [0.3, 0.4) is 0 Å². The van der Waals surface area contributed by atoms with E-state index in [1.165, 1.54) is 0 Å². The van der Waals surface area contributed by atoms with Gasteiger partial charge in [0.15, 0.2) is 0 Å². The van der Waals surface area contributed by atoms with E-state index in [2.05, 4.69) is 10.3 Å². The number of rotatable bonds is 2. The summed E-state index contributed by atoms with van der Waals surface area (Å²) >= 11 is 5.41. The fourth-order valence-corrected chi connectivity index (χ4v) is 2.72. The number of hydrogen-bond donors (Lipinski definition) is 1. The molecule has 3 rings (SSSR count). The summed E-state index contributed by atoms with van der Waals surface area (Å²) < 4.78 is 0. The maximum atomic E-state index is 12.5. The molecule has 20 heavy (non-hydrogen) atoms. The molecule has 0 aliphatic carbocycles. The molecule has 4 nitrogen and oxygen atoms in total. The lowest BCUT2D eigenvalue weighted by Gasteiger charge is -2.14. The van der Waals surface area contributed by atoms with Crippen LogP contribution >= 0.6 is 12.2 Å². The normalized spacial score (nSPS) is 16.9. The maximum absolute atomic E-state index is 12.5. The Kier molecular flexibility index (Phi) is 3.20. The van der Waals surface area contributed by atoms with Gasteiger partial charge in [-0.2, -0.15) is 0 Å². The third kappa shape index (κ3) is 2.06. The number of nitrogens with one attached hydrogen (secondary N) is 1. The standard InChI is InChI=1S/C15H13N3OS/c1-18-12-5-3-2-4-11(12)13(15(18)20)14(19)17-10-6-8-16-9-7-10/h2-9,13H,1H3,(H,16,17,19). The zero-order chi connectivity index (χ0) is 14.1. The summed E-state index contributed by atoms with van der Waals surface area (Å²) in [5.41, 5.74) is 2.67. The van der Waals surface area contributed by atoms with Gasteiger partial charge < -0.3 is 10.2 Å². The van der Waals surface area contributed by atoms with E-state index in [1.54, 1.807) is 24.5 Å². The van der Waals surface area contributed by atoms with Gasteiger partial charge in [0.05, 0.1) is 4.99 Å². The third-order valence-electron chi connectivity index (χ3n) is 3.40. The fraction of sp³-hybridized carbons (Fsp3) is 0.133. The van der Waals surface area contributed by atoms with Gasteiger partial charge in [-0.15, -0.1) is 0 Å². The van der Waals surface area contributed by atoms with Crippen molar-refractivity contribution in [3.63, 3.8) is 0 Å². The Bertz CT molecular complexity index is 672. The molecule has 1 N–H and O–H groups in total. The number of aromatic nitrogens is 1. The molecule has 5 heteroatoms. The summed E-state index contributed by atoms with van der Waals surface area (Å²) in [6.07, 6.45) is 3.28. The molecule has 0 saturated carbocycles. The van der Waals surface area contributed by atoms with Gasteiger partial charge in [0.2, 0.25) is 5.91 Å². The first-order chi connectivity index (χ1) is 9.68. The topological polar surface area (TPSA) is 45.2 Å². The molecule has 0 fully saturated rings. The van der Waals surface area contributed by atoms with Crippen molar-refractivity contribution in [3.8, 4) is 0 Å². The first kappa shape index (κ1) is 12.7. The van der Waals surface area contributed by atoms with E-state index >= 15 is 0 Å². The summed E-state index contributed by atoms with van der Waals surface area (Å²) in [7, 11) is 1.89. The molecule has 1 unspecified atom stereocenters. The Morgan fingerprint density at radius 2 is 1.95 bits per heavy atom. The van der Waals surface area contributed by atoms with E-state index in [1.807, 2.05) is 36.2 Å². The van der Waals surface area contributed by atoms with Crippen LogP contribution < -0.4 is 10.2 Å². The van der Waals surface area contributed by atoms with E-state index in [4.69, 9.17) is 12.2 Å². The fourth-order valence-electron chi connectivity index (χ4n) is 2.39. The molecule has 0 spiro atoms. The molecule has 1 aliphatic heterocycles. The molecule has 0 saturated heterocycles. The number of amides is 1. The highest BCUT2D eigenvalue weighted by atomic mass is 32.1. The zero-order valence-corrected chi connectivity index (χ0v) is 11.7. The Hall–Kier alpha value is -2.27. The average Bonchev–Trinajstić information content (AvgIpc) is 2.72. The molecule has 0 radical (unpaired) electrons. The number of hydrogen-bond acceptors (Lipinski definition) is 3. The first-order valence-corrected chi connectivity index (χ1v) is 6.66. The SMILES string of the molecule is CN1C(=S)C(C(=O)Nc2ccncc2)c2ccccc21. The van der Waals surface area contributed by atoms with Crippen molar-refractivity contribution in [1.29, 1.82) is 0 Å². The summed E-state index contributed by atoms with van der Waals surface area (Å²) in [5, 5.41) is 2.88. The minimum atomic E-state index is -0.417. The number of carbonyl (C=O) groups excluding carboxylic acids is 1. The molecule has 2 heterocycles. The molecule has 1 aromatic heterocycles. The lowest BCUT2D eigenvalue weighted by Crippen LogP contribution is -2.30. The second-order valence-corrected chi connectivity index (χ2v) is 5.03. The first-order valence-electron chi connectivity index (χ1n) is 6.26. The van der Waals surface area contributed by atoms with Crippen molar-refractivity contribution < 1.29 is 4.79 Å². The van der Waals surface area contributed by atoms with E-state index < -0.39 is 5.92 Å². The lowest BCUT2D eigenvalue weighted by molar-refractivity contribution is -0.116. The van der Waals surface area contributed by atoms with Crippen molar-refractivity contribution in [2.75, 3.05) is 17.3 Å². The van der Waals surface area contributed by atoms with Crippen molar-refractivity contribution in [3.05, 3.63) is 54.4 Å². The number of pyridine rings is 1. The molecule has 100 valence electrons. The second-order valence-electron chi connectivity index (χ2n) is 4.61. The second kappa shape index (κ2) is 5.02. The minimum absolute atomic E-state index is 0.113. The van der Waals surface area contributed by atoms with Crippen LogP contribution in [0, 0.1) is 0 Å². The Labute approximate surface area is 122 Å². The summed E-state index contributed by atoms with van der Waals surface area (Å²) in [6, 6.07) is 11.3. The van der Waals surface area contributed by atoms with Gasteiger partial charge in [-0.05, 0) is 23.8 Å². The minimum Gasteiger partial charge on any atom is -0.338 e. The Balaban J connectivity index is 1.91. The molecule has 1 aliphatic rings. The number of carbonyl (C=O) groups is 1. The summed E-state index contributed by atoms with van der Waals surface area (Å²) in [5.74, 6) is -0.530. The van der Waals surface area contributed by atoms with Crippen molar-refractivity contribution >= 4 is 34.5 Å². The predicted molar refractivity (Wildman–Crippen MR) is 83.1 cm³/mol. The molecule has 1 aromatic carbocycles. The van der Waals surface area contributed by atoms with Crippen LogP contribution in [0.5, 0.6) is 0 Å². The van der Waals surface area contributed by atoms with Crippen LogP contribution in [-0.4, -0.2) is 22.9 Å². The van der Waals surface area contributed by atoms with Crippen molar-refractivity contribution in [1.82, 2.24) is 4.98 Å². The van der Waals surface area contributed by atoms with E-state index in [0.29, 0.717) is 4.99 Å². The van der Waals surface area contributed by atoms with Crippen molar-refractivity contribution in [2.24, 2.45) is 0 Å². The third-order valence-corrected chi connectivity index (χ3v) is 3.91. The highest BCUT2D eigenvalue weighted by Gasteiger charge is 2.36. The maximum Gasteiger partial charge on any atom is 0.238 e. The molecular formula is C15H13N3OS. The van der Waals surface area contributed by atoms with Gasteiger partial charge in [0, 0.05) is 30.8 Å². The van der Waals surface area contributed by atoms with E-state index in [0.717, 1.165) is 16.9 Å². The summed E-state index contributed by atoms with van der Waals surface area (Å²) in [6.45, 7) is 0. The van der Waals surface area contributed by atoms with Gasteiger partial charge in [0.25, 0.3) is 0 Å². The molecule has 1 atom stereocenters. The lowest BCUT2D eigenvalue weighted by atomic mass is 10.0. The monoisotopic (exact) mass is 283 g/mol. The molecule has 1 amide bonds. The highest BCUT2D eigenvalue weighted by Crippen LogP contribution is 2.37. The zero-order valence-electron chi connectivity index (χ0n) is 10.9. The van der Waals surface area contributed by atoms with Crippen LogP contribution in [-0.2, 0) is 4.79 Å². The largest absolute Gasteiger partial charge is 0.338 e. The number of nitrogens with zero attached hydrogens (tertiary/aromatic N) is 2. The highest BCUT2D eigenvalue weighted by molar-refractivity contribution is 7.80. The summed E-state index contributed by atoms with van der Waals surface area (Å²) in [4.78, 5) is 18.9. The quantitative estimate of drug-likeness (QED) is 0.860. The van der Waals surface area contributed by atoms with Gasteiger partial charge in [-0.1, -0.05) is 30.4 Å². The molecule has 0 bridgehead atoms. The van der Waals surface area contributed by atoms with E-state index in [-0.39, 0.29) is 5.91 Å².